The Hall–Kier alpha value is -3.01. The lowest BCUT2D eigenvalue weighted by Gasteiger charge is -2.11. The average Bonchev–Trinajstić information content (AvgIpc) is 2.95. The highest BCUT2D eigenvalue weighted by atomic mass is 32.2. The fourth-order valence-corrected chi connectivity index (χ4v) is 3.46. The molecule has 3 rings (SSSR count). The van der Waals surface area contributed by atoms with Gasteiger partial charge < -0.3 is 13.8 Å². The molecule has 0 unspecified atom stereocenters. The van der Waals surface area contributed by atoms with E-state index < -0.39 is 15.1 Å². The summed E-state index contributed by atoms with van der Waals surface area (Å²) in [6.07, 6.45) is 1.62. The first-order valence-corrected chi connectivity index (χ1v) is 10.7. The predicted molar refractivity (Wildman–Crippen MR) is 107 cm³/mol. The lowest BCUT2D eigenvalue weighted by molar-refractivity contribution is 0.379. The van der Waals surface area contributed by atoms with Crippen molar-refractivity contribution in [2.24, 2.45) is 7.05 Å². The van der Waals surface area contributed by atoms with Crippen molar-refractivity contribution in [3.63, 3.8) is 0 Å². The molecule has 154 valence electrons. The van der Waals surface area contributed by atoms with E-state index in [-0.39, 0.29) is 17.3 Å². The first-order valence-electron chi connectivity index (χ1n) is 8.94. The van der Waals surface area contributed by atoms with Gasteiger partial charge in [-0.15, -0.1) is 0 Å². The van der Waals surface area contributed by atoms with Gasteiger partial charge in [0, 0.05) is 31.8 Å². The summed E-state index contributed by atoms with van der Waals surface area (Å²) >= 11 is 0. The molecule has 0 aliphatic carbocycles. The SMILES string of the molecule is Cc1noc(C)c1Oc1nc(CS(=O)(=O)C(C)C)cc(-c2ccc(=O)n(C)c2)n1. The van der Waals surface area contributed by atoms with Gasteiger partial charge in [0.15, 0.2) is 21.3 Å². The van der Waals surface area contributed by atoms with Gasteiger partial charge in [0.2, 0.25) is 5.56 Å². The smallest absolute Gasteiger partial charge is 0.322 e. The zero-order valence-corrected chi connectivity index (χ0v) is 17.6. The number of pyridine rings is 1. The Morgan fingerprint density at radius 2 is 1.93 bits per heavy atom. The molecule has 0 aliphatic heterocycles. The summed E-state index contributed by atoms with van der Waals surface area (Å²) in [6, 6.07) is 4.58. The highest BCUT2D eigenvalue weighted by molar-refractivity contribution is 7.91. The van der Waals surface area contributed by atoms with Crippen LogP contribution in [0.25, 0.3) is 11.3 Å². The number of nitrogens with zero attached hydrogens (tertiary/aromatic N) is 4. The van der Waals surface area contributed by atoms with E-state index in [1.165, 1.54) is 10.6 Å². The van der Waals surface area contributed by atoms with Crippen LogP contribution in [0.4, 0.5) is 0 Å². The molecule has 9 nitrogen and oxygen atoms in total. The minimum atomic E-state index is -3.39. The molecule has 10 heteroatoms. The van der Waals surface area contributed by atoms with Crippen LogP contribution in [-0.4, -0.2) is 33.4 Å². The Balaban J connectivity index is 2.11. The van der Waals surface area contributed by atoms with E-state index in [0.717, 1.165) is 0 Å². The van der Waals surface area contributed by atoms with Gasteiger partial charge in [-0.1, -0.05) is 5.16 Å². The van der Waals surface area contributed by atoms with E-state index in [1.807, 2.05) is 0 Å². The number of hydrogen-bond donors (Lipinski definition) is 0. The summed E-state index contributed by atoms with van der Waals surface area (Å²) in [6.45, 7) is 6.64. The van der Waals surface area contributed by atoms with Gasteiger partial charge in [-0.05, 0) is 32.9 Å². The van der Waals surface area contributed by atoms with Crippen molar-refractivity contribution in [3.8, 4) is 23.0 Å². The molecule has 0 N–H and O–H groups in total. The van der Waals surface area contributed by atoms with Gasteiger partial charge in [-0.25, -0.2) is 8.42 Å². The quantitative estimate of drug-likeness (QED) is 0.599. The van der Waals surface area contributed by atoms with Gasteiger partial charge in [-0.3, -0.25) is 4.79 Å². The number of aryl methyl sites for hydroxylation is 3. The minimum Gasteiger partial charge on any atom is -0.418 e. The molecule has 0 spiro atoms. The van der Waals surface area contributed by atoms with Crippen LogP contribution in [0.15, 0.2) is 33.7 Å². The van der Waals surface area contributed by atoms with E-state index in [2.05, 4.69) is 15.1 Å². The van der Waals surface area contributed by atoms with Gasteiger partial charge in [-0.2, -0.15) is 9.97 Å². The molecule has 0 saturated carbocycles. The molecular formula is C19H22N4O5S. The molecule has 0 atom stereocenters. The van der Waals surface area contributed by atoms with Crippen molar-refractivity contribution in [2.45, 2.75) is 38.7 Å². The van der Waals surface area contributed by atoms with E-state index in [1.54, 1.807) is 53.1 Å². The molecule has 0 aliphatic rings. The fraction of sp³-hybridized carbons (Fsp3) is 0.368. The van der Waals surface area contributed by atoms with Crippen molar-refractivity contribution >= 4 is 9.84 Å². The molecule has 0 radical (unpaired) electrons. The second-order valence-corrected chi connectivity index (χ2v) is 9.56. The highest BCUT2D eigenvalue weighted by Crippen LogP contribution is 2.28. The summed E-state index contributed by atoms with van der Waals surface area (Å²) in [4.78, 5) is 20.4. The van der Waals surface area contributed by atoms with Gasteiger partial charge in [0.05, 0.1) is 22.4 Å². The zero-order chi connectivity index (χ0) is 21.3. The van der Waals surface area contributed by atoms with Crippen molar-refractivity contribution in [1.82, 2.24) is 19.7 Å². The van der Waals surface area contributed by atoms with Crippen LogP contribution in [0.5, 0.6) is 11.8 Å². The topological polar surface area (TPSA) is 117 Å². The van der Waals surface area contributed by atoms with Crippen molar-refractivity contribution in [2.75, 3.05) is 0 Å². The van der Waals surface area contributed by atoms with Crippen LogP contribution >= 0.6 is 0 Å². The van der Waals surface area contributed by atoms with Crippen molar-refractivity contribution < 1.29 is 17.7 Å². The van der Waals surface area contributed by atoms with Crippen LogP contribution < -0.4 is 10.3 Å². The van der Waals surface area contributed by atoms with E-state index >= 15 is 0 Å². The number of aromatic nitrogens is 4. The minimum absolute atomic E-state index is 0.0280. The second kappa shape index (κ2) is 7.78. The number of sulfone groups is 1. The first kappa shape index (κ1) is 20.7. The van der Waals surface area contributed by atoms with E-state index in [0.29, 0.717) is 34.2 Å². The molecular weight excluding hydrogens is 396 g/mol. The number of ether oxygens (including phenoxy) is 1. The molecule has 0 saturated heterocycles. The molecule has 3 aromatic rings. The summed E-state index contributed by atoms with van der Waals surface area (Å²) in [5, 5.41) is 3.28. The lowest BCUT2D eigenvalue weighted by Crippen LogP contribution is -2.17. The Morgan fingerprint density at radius 1 is 1.21 bits per heavy atom. The molecule has 0 aromatic carbocycles. The molecule has 3 heterocycles. The Labute approximate surface area is 168 Å². The number of hydrogen-bond acceptors (Lipinski definition) is 8. The average molecular weight is 418 g/mol. The van der Waals surface area contributed by atoms with E-state index in [9.17, 15) is 13.2 Å². The predicted octanol–water partition coefficient (Wildman–Crippen LogP) is 2.56. The van der Waals surface area contributed by atoms with Crippen LogP contribution in [-0.2, 0) is 22.6 Å². The summed E-state index contributed by atoms with van der Waals surface area (Å²) in [5.74, 6) is 0.569. The summed E-state index contributed by atoms with van der Waals surface area (Å²) in [7, 11) is -1.77. The first-order chi connectivity index (χ1) is 13.6. The van der Waals surface area contributed by atoms with Crippen LogP contribution in [0.2, 0.25) is 0 Å². The molecule has 0 bridgehead atoms. The maximum absolute atomic E-state index is 12.4. The van der Waals surface area contributed by atoms with Crippen molar-refractivity contribution in [1.29, 1.82) is 0 Å². The molecule has 29 heavy (non-hydrogen) atoms. The summed E-state index contributed by atoms with van der Waals surface area (Å²) < 4.78 is 37.1. The molecule has 3 aromatic heterocycles. The molecule has 0 fully saturated rings. The van der Waals surface area contributed by atoms with Crippen molar-refractivity contribution in [3.05, 3.63) is 51.9 Å². The third-order valence-corrected chi connectivity index (χ3v) is 6.50. The monoisotopic (exact) mass is 418 g/mol. The fourth-order valence-electron chi connectivity index (χ4n) is 2.57. The van der Waals surface area contributed by atoms with E-state index in [4.69, 9.17) is 9.26 Å². The van der Waals surface area contributed by atoms with Crippen LogP contribution in [0.1, 0.15) is 31.0 Å². The largest absolute Gasteiger partial charge is 0.418 e. The highest BCUT2D eigenvalue weighted by Gasteiger charge is 2.21. The maximum atomic E-state index is 12.4. The maximum Gasteiger partial charge on any atom is 0.322 e. The molecule has 0 amide bonds. The van der Waals surface area contributed by atoms with Gasteiger partial charge in [0.25, 0.3) is 0 Å². The standard InChI is InChI=1S/C19H22N4O5S/c1-11(2)29(25,26)10-15-8-16(14-6-7-17(24)23(5)9-14)21-19(20-15)27-18-12(3)22-28-13(18)4/h6-9,11H,10H2,1-5H3. The van der Waals surface area contributed by atoms with Gasteiger partial charge in [0.1, 0.15) is 5.69 Å². The van der Waals surface area contributed by atoms with Crippen LogP contribution in [0.3, 0.4) is 0 Å². The van der Waals surface area contributed by atoms with Gasteiger partial charge >= 0.3 is 6.01 Å². The third kappa shape index (κ3) is 4.53. The van der Waals surface area contributed by atoms with Crippen LogP contribution in [0, 0.1) is 13.8 Å². The second-order valence-electron chi connectivity index (χ2n) is 7.01. The normalized spacial score (nSPS) is 11.8. The Kier molecular flexibility index (Phi) is 5.56. The lowest BCUT2D eigenvalue weighted by atomic mass is 10.2. The summed E-state index contributed by atoms with van der Waals surface area (Å²) in [5.41, 5.74) is 1.71. The third-order valence-electron chi connectivity index (χ3n) is 4.37. The Morgan fingerprint density at radius 3 is 2.52 bits per heavy atom. The zero-order valence-electron chi connectivity index (χ0n) is 16.8. The Bertz CT molecular complexity index is 1190. The number of rotatable bonds is 6.